The van der Waals surface area contributed by atoms with E-state index in [1.165, 1.54) is 12.1 Å². The molecule has 0 unspecified atom stereocenters. The summed E-state index contributed by atoms with van der Waals surface area (Å²) in [6, 6.07) is 10.4. The fourth-order valence-electron chi connectivity index (χ4n) is 2.15. The molecule has 0 radical (unpaired) electrons. The second-order valence-electron chi connectivity index (χ2n) is 4.63. The lowest BCUT2D eigenvalue weighted by Gasteiger charge is -2.03. The van der Waals surface area contributed by atoms with Crippen LogP contribution < -0.4 is 5.73 Å². The summed E-state index contributed by atoms with van der Waals surface area (Å²) < 4.78 is 13.4. The molecule has 0 atom stereocenters. The monoisotopic (exact) mass is 299 g/mol. The van der Waals surface area contributed by atoms with Crippen molar-refractivity contribution in [3.05, 3.63) is 70.1 Å². The Balaban J connectivity index is 2.02. The van der Waals surface area contributed by atoms with E-state index in [1.54, 1.807) is 29.8 Å². The van der Waals surface area contributed by atoms with Crippen molar-refractivity contribution in [1.82, 2.24) is 9.97 Å². The molecular weight excluding hydrogens is 285 g/mol. The average Bonchev–Trinajstić information content (AvgIpc) is 2.91. The van der Waals surface area contributed by atoms with Crippen molar-refractivity contribution in [3.63, 3.8) is 0 Å². The van der Waals surface area contributed by atoms with E-state index in [4.69, 9.17) is 5.73 Å². The molecule has 0 amide bonds. The first-order valence-corrected chi connectivity index (χ1v) is 7.41. The quantitative estimate of drug-likeness (QED) is 0.803. The highest BCUT2D eigenvalue weighted by molar-refractivity contribution is 7.12. The zero-order chi connectivity index (χ0) is 14.7. The molecule has 0 spiro atoms. The maximum absolute atomic E-state index is 13.4. The summed E-state index contributed by atoms with van der Waals surface area (Å²) in [6.07, 6.45) is 4.27. The van der Waals surface area contributed by atoms with Gasteiger partial charge in [-0.15, -0.1) is 11.3 Å². The average molecular weight is 299 g/mol. The van der Waals surface area contributed by atoms with Gasteiger partial charge in [0.15, 0.2) is 0 Å². The van der Waals surface area contributed by atoms with Crippen LogP contribution in [0.1, 0.15) is 15.4 Å². The molecule has 106 valence electrons. The number of halogens is 1. The fourth-order valence-corrected chi connectivity index (χ4v) is 3.16. The van der Waals surface area contributed by atoms with Gasteiger partial charge >= 0.3 is 0 Å². The van der Waals surface area contributed by atoms with Crippen molar-refractivity contribution in [2.24, 2.45) is 5.73 Å². The van der Waals surface area contributed by atoms with E-state index in [0.29, 0.717) is 6.54 Å². The molecule has 3 aromatic rings. The third kappa shape index (κ3) is 3.15. The number of rotatable bonds is 4. The van der Waals surface area contributed by atoms with Gasteiger partial charge in [-0.3, -0.25) is 4.98 Å². The van der Waals surface area contributed by atoms with E-state index in [0.717, 1.165) is 33.1 Å². The van der Waals surface area contributed by atoms with Crippen LogP contribution in [0.4, 0.5) is 4.39 Å². The number of aromatic nitrogens is 2. The molecule has 3 rings (SSSR count). The van der Waals surface area contributed by atoms with Gasteiger partial charge in [-0.2, -0.15) is 0 Å². The lowest BCUT2D eigenvalue weighted by molar-refractivity contribution is 0.628. The van der Waals surface area contributed by atoms with Crippen LogP contribution in [0.15, 0.2) is 48.8 Å². The predicted molar refractivity (Wildman–Crippen MR) is 82.4 cm³/mol. The molecular formula is C16H14FN3S. The Labute approximate surface area is 126 Å². The van der Waals surface area contributed by atoms with Crippen LogP contribution in [0, 0.1) is 5.82 Å². The second-order valence-corrected chi connectivity index (χ2v) is 5.79. The predicted octanol–water partition coefficient (Wildman–Crippen LogP) is 3.39. The van der Waals surface area contributed by atoms with Gasteiger partial charge in [0.25, 0.3) is 0 Å². The molecule has 2 aromatic heterocycles. The number of hydrogen-bond acceptors (Lipinski definition) is 4. The van der Waals surface area contributed by atoms with E-state index in [-0.39, 0.29) is 5.82 Å². The molecule has 0 aliphatic heterocycles. The summed E-state index contributed by atoms with van der Waals surface area (Å²) in [7, 11) is 0. The standard InChI is InChI=1S/C16H14FN3S/c17-13-3-1-2-12(9-13)16-14(21-15(10-18)20-16)8-11-4-6-19-7-5-11/h1-7,9H,8,10,18H2. The number of pyridine rings is 1. The van der Waals surface area contributed by atoms with Gasteiger partial charge in [-0.25, -0.2) is 9.37 Å². The second kappa shape index (κ2) is 6.11. The summed E-state index contributed by atoms with van der Waals surface area (Å²) in [5, 5.41) is 0.860. The van der Waals surface area contributed by atoms with E-state index < -0.39 is 0 Å². The van der Waals surface area contributed by atoms with Crippen LogP contribution in [0.3, 0.4) is 0 Å². The Morgan fingerprint density at radius 2 is 1.95 bits per heavy atom. The summed E-state index contributed by atoms with van der Waals surface area (Å²) >= 11 is 1.58. The van der Waals surface area contributed by atoms with Gasteiger partial charge in [-0.1, -0.05) is 12.1 Å². The molecule has 0 aliphatic carbocycles. The highest BCUT2D eigenvalue weighted by atomic mass is 32.1. The Bertz CT molecular complexity index is 740. The van der Waals surface area contributed by atoms with Crippen molar-refractivity contribution in [1.29, 1.82) is 0 Å². The van der Waals surface area contributed by atoms with Crippen molar-refractivity contribution in [2.75, 3.05) is 0 Å². The van der Waals surface area contributed by atoms with Crippen LogP contribution in [0.25, 0.3) is 11.3 Å². The van der Waals surface area contributed by atoms with E-state index in [2.05, 4.69) is 9.97 Å². The summed E-state index contributed by atoms with van der Waals surface area (Å²) in [6.45, 7) is 0.392. The largest absolute Gasteiger partial charge is 0.325 e. The number of nitrogens with two attached hydrogens (primary N) is 1. The van der Waals surface area contributed by atoms with Crippen LogP contribution in [0.2, 0.25) is 0 Å². The third-order valence-electron chi connectivity index (χ3n) is 3.13. The van der Waals surface area contributed by atoms with E-state index >= 15 is 0 Å². The Hall–Kier alpha value is -2.11. The van der Waals surface area contributed by atoms with Crippen LogP contribution >= 0.6 is 11.3 Å². The smallest absolute Gasteiger partial charge is 0.123 e. The van der Waals surface area contributed by atoms with Gasteiger partial charge in [0, 0.05) is 35.8 Å². The molecule has 2 heterocycles. The van der Waals surface area contributed by atoms with E-state index in [1.807, 2.05) is 18.2 Å². The lowest BCUT2D eigenvalue weighted by atomic mass is 10.1. The highest BCUT2D eigenvalue weighted by Gasteiger charge is 2.13. The Morgan fingerprint density at radius 3 is 2.67 bits per heavy atom. The number of thiazole rings is 1. The first-order valence-electron chi connectivity index (χ1n) is 6.60. The minimum Gasteiger partial charge on any atom is -0.325 e. The first kappa shape index (κ1) is 13.9. The lowest BCUT2D eigenvalue weighted by Crippen LogP contribution is -1.94. The minimum absolute atomic E-state index is 0.260. The Kier molecular flexibility index (Phi) is 4.03. The van der Waals surface area contributed by atoms with Gasteiger partial charge in [0.1, 0.15) is 10.8 Å². The van der Waals surface area contributed by atoms with Crippen LogP contribution in [-0.4, -0.2) is 9.97 Å². The number of benzene rings is 1. The molecule has 2 N–H and O–H groups in total. The molecule has 0 saturated carbocycles. The summed E-state index contributed by atoms with van der Waals surface area (Å²) in [4.78, 5) is 9.66. The zero-order valence-electron chi connectivity index (χ0n) is 11.3. The van der Waals surface area contributed by atoms with Gasteiger partial charge in [0.2, 0.25) is 0 Å². The molecule has 1 aromatic carbocycles. The number of nitrogens with zero attached hydrogens (tertiary/aromatic N) is 2. The Morgan fingerprint density at radius 1 is 1.14 bits per heavy atom. The van der Waals surface area contributed by atoms with Crippen molar-refractivity contribution in [2.45, 2.75) is 13.0 Å². The maximum Gasteiger partial charge on any atom is 0.123 e. The SMILES string of the molecule is NCc1nc(-c2cccc(F)c2)c(Cc2ccncc2)s1. The number of hydrogen-bond donors (Lipinski definition) is 1. The maximum atomic E-state index is 13.4. The van der Waals surface area contributed by atoms with Gasteiger partial charge < -0.3 is 5.73 Å². The normalized spacial score (nSPS) is 10.8. The third-order valence-corrected chi connectivity index (χ3v) is 4.21. The van der Waals surface area contributed by atoms with Crippen molar-refractivity contribution in [3.8, 4) is 11.3 Å². The molecule has 3 nitrogen and oxygen atoms in total. The van der Waals surface area contributed by atoms with Gasteiger partial charge in [0.05, 0.1) is 5.69 Å². The molecule has 0 aliphatic rings. The van der Waals surface area contributed by atoms with Crippen LogP contribution in [-0.2, 0) is 13.0 Å². The molecule has 0 saturated heterocycles. The van der Waals surface area contributed by atoms with Gasteiger partial charge in [-0.05, 0) is 29.8 Å². The fraction of sp³-hybridized carbons (Fsp3) is 0.125. The molecule has 0 bridgehead atoms. The molecule has 21 heavy (non-hydrogen) atoms. The summed E-state index contributed by atoms with van der Waals surface area (Å²) in [5.74, 6) is -0.260. The zero-order valence-corrected chi connectivity index (χ0v) is 12.1. The molecule has 5 heteroatoms. The molecule has 0 fully saturated rings. The van der Waals surface area contributed by atoms with Crippen molar-refractivity contribution < 1.29 is 4.39 Å². The highest BCUT2D eigenvalue weighted by Crippen LogP contribution is 2.30. The van der Waals surface area contributed by atoms with Crippen molar-refractivity contribution >= 4 is 11.3 Å². The minimum atomic E-state index is -0.260. The van der Waals surface area contributed by atoms with Crippen LogP contribution in [0.5, 0.6) is 0 Å². The topological polar surface area (TPSA) is 51.8 Å². The first-order chi connectivity index (χ1) is 10.3. The van der Waals surface area contributed by atoms with E-state index in [9.17, 15) is 4.39 Å². The summed E-state index contributed by atoms with van der Waals surface area (Å²) in [5.41, 5.74) is 8.45.